The highest BCUT2D eigenvalue weighted by Crippen LogP contribution is 2.35. The maximum atomic E-state index is 10.6. The van der Waals surface area contributed by atoms with Crippen molar-refractivity contribution in [2.75, 3.05) is 20.0 Å². The number of nitrogens with zero attached hydrogens (tertiary/aromatic N) is 4. The number of nitrogen functional groups attached to an aromatic ring is 1. The lowest BCUT2D eigenvalue weighted by molar-refractivity contribution is -0.138. The van der Waals surface area contributed by atoms with Crippen LogP contribution < -0.4 is 15.2 Å². The van der Waals surface area contributed by atoms with Crippen molar-refractivity contribution in [1.29, 1.82) is 0 Å². The van der Waals surface area contributed by atoms with Gasteiger partial charge in [-0.1, -0.05) is 0 Å². The van der Waals surface area contributed by atoms with Gasteiger partial charge in [0.25, 0.3) is 0 Å². The Balaban J connectivity index is 2.41. The van der Waals surface area contributed by atoms with Gasteiger partial charge in [0.15, 0.2) is 18.0 Å². The molecule has 0 atom stereocenters. The van der Waals surface area contributed by atoms with Crippen LogP contribution in [0.25, 0.3) is 11.4 Å². The van der Waals surface area contributed by atoms with E-state index in [0.717, 1.165) is 4.80 Å². The Morgan fingerprint density at radius 1 is 1.35 bits per heavy atom. The van der Waals surface area contributed by atoms with E-state index in [9.17, 15) is 4.79 Å². The van der Waals surface area contributed by atoms with Crippen LogP contribution in [0.15, 0.2) is 12.1 Å². The summed E-state index contributed by atoms with van der Waals surface area (Å²) in [4.78, 5) is 11.5. The molecule has 2 rings (SSSR count). The molecule has 1 aromatic carbocycles. The predicted molar refractivity (Wildman–Crippen MR) is 68.4 cm³/mol. The third-order valence-corrected chi connectivity index (χ3v) is 2.53. The number of carboxylic acid groups (broad SMARTS) is 1. The fourth-order valence-electron chi connectivity index (χ4n) is 1.63. The first-order valence-electron chi connectivity index (χ1n) is 5.56. The molecule has 1 heterocycles. The normalized spacial score (nSPS) is 10.3. The van der Waals surface area contributed by atoms with Crippen LogP contribution in [0.1, 0.15) is 0 Å². The molecule has 1 aromatic heterocycles. The number of tetrazole rings is 1. The van der Waals surface area contributed by atoms with Gasteiger partial charge < -0.3 is 20.3 Å². The molecule has 0 bridgehead atoms. The number of carboxylic acids is 1. The van der Waals surface area contributed by atoms with Crippen molar-refractivity contribution in [3.8, 4) is 22.9 Å². The summed E-state index contributed by atoms with van der Waals surface area (Å²) < 4.78 is 10.3. The summed E-state index contributed by atoms with van der Waals surface area (Å²) in [5.74, 6) is 0.0944. The van der Waals surface area contributed by atoms with Crippen LogP contribution in [-0.2, 0) is 11.3 Å². The van der Waals surface area contributed by atoms with Crippen molar-refractivity contribution in [3.05, 3.63) is 12.1 Å². The molecule has 9 nitrogen and oxygen atoms in total. The molecule has 0 aliphatic rings. The van der Waals surface area contributed by atoms with Crippen molar-refractivity contribution in [2.24, 2.45) is 0 Å². The largest absolute Gasteiger partial charge is 0.493 e. The lowest BCUT2D eigenvalue weighted by Crippen LogP contribution is -2.11. The van der Waals surface area contributed by atoms with Crippen LogP contribution >= 0.6 is 0 Å². The zero-order chi connectivity index (χ0) is 14.7. The Morgan fingerprint density at radius 2 is 2.00 bits per heavy atom. The number of rotatable bonds is 5. The molecule has 3 N–H and O–H groups in total. The fraction of sp³-hybridized carbons (Fsp3) is 0.273. The number of nitrogens with two attached hydrogens (primary N) is 1. The Bertz CT molecular complexity index is 640. The smallest absolute Gasteiger partial charge is 0.327 e. The monoisotopic (exact) mass is 279 g/mol. The Labute approximate surface area is 113 Å². The van der Waals surface area contributed by atoms with Crippen LogP contribution in [0.3, 0.4) is 0 Å². The van der Waals surface area contributed by atoms with E-state index < -0.39 is 5.97 Å². The minimum absolute atomic E-state index is 0.213. The van der Waals surface area contributed by atoms with E-state index in [-0.39, 0.29) is 12.4 Å². The maximum absolute atomic E-state index is 10.6. The molecule has 0 aliphatic carbocycles. The summed E-state index contributed by atoms with van der Waals surface area (Å²) in [5, 5.41) is 20.0. The van der Waals surface area contributed by atoms with Gasteiger partial charge in [-0.15, -0.1) is 10.2 Å². The maximum Gasteiger partial charge on any atom is 0.327 e. The van der Waals surface area contributed by atoms with Gasteiger partial charge in [0, 0.05) is 17.3 Å². The Morgan fingerprint density at radius 3 is 2.60 bits per heavy atom. The highest BCUT2D eigenvalue weighted by atomic mass is 16.5. The number of hydrogen-bond acceptors (Lipinski definition) is 7. The van der Waals surface area contributed by atoms with Gasteiger partial charge in [0.2, 0.25) is 5.82 Å². The first kappa shape index (κ1) is 13.6. The highest BCUT2D eigenvalue weighted by Gasteiger charge is 2.15. The lowest BCUT2D eigenvalue weighted by Gasteiger charge is -2.10. The first-order valence-corrected chi connectivity index (χ1v) is 5.56. The molecule has 0 fully saturated rings. The van der Waals surface area contributed by atoms with E-state index in [1.165, 1.54) is 14.2 Å². The molecule has 0 aliphatic heterocycles. The van der Waals surface area contributed by atoms with E-state index >= 15 is 0 Å². The zero-order valence-electron chi connectivity index (χ0n) is 10.9. The number of carbonyl (C=O) groups is 1. The summed E-state index contributed by atoms with van der Waals surface area (Å²) in [5.41, 5.74) is 6.75. The molecule has 0 saturated heterocycles. The van der Waals surface area contributed by atoms with Crippen LogP contribution in [-0.4, -0.2) is 45.5 Å². The van der Waals surface area contributed by atoms with Crippen molar-refractivity contribution in [3.63, 3.8) is 0 Å². The van der Waals surface area contributed by atoms with E-state index in [1.54, 1.807) is 12.1 Å². The van der Waals surface area contributed by atoms with Gasteiger partial charge in [-0.25, -0.2) is 0 Å². The summed E-state index contributed by atoms with van der Waals surface area (Å²) in [6, 6.07) is 3.18. The molecule has 20 heavy (non-hydrogen) atoms. The second-order valence-corrected chi connectivity index (χ2v) is 3.83. The SMILES string of the molecule is COc1cc(N)c(-c2nnn(CC(=O)O)n2)cc1OC. The van der Waals surface area contributed by atoms with Crippen molar-refractivity contribution in [1.82, 2.24) is 20.2 Å². The standard InChI is InChI=1S/C11H13N5O4/c1-19-8-3-6(7(12)4-9(8)20-2)11-13-15-16(14-11)5-10(17)18/h3-4H,5,12H2,1-2H3,(H,17,18). The average Bonchev–Trinajstić information content (AvgIpc) is 2.85. The second kappa shape index (κ2) is 5.43. The number of methoxy groups -OCH3 is 2. The van der Waals surface area contributed by atoms with Crippen molar-refractivity contribution < 1.29 is 19.4 Å². The molecule has 0 unspecified atom stereocenters. The number of hydrogen-bond donors (Lipinski definition) is 2. The molecule has 0 saturated carbocycles. The highest BCUT2D eigenvalue weighted by molar-refractivity contribution is 5.75. The van der Waals surface area contributed by atoms with E-state index in [4.69, 9.17) is 20.3 Å². The topological polar surface area (TPSA) is 125 Å². The van der Waals surface area contributed by atoms with Crippen molar-refractivity contribution in [2.45, 2.75) is 6.54 Å². The van der Waals surface area contributed by atoms with Crippen molar-refractivity contribution >= 4 is 11.7 Å². The average molecular weight is 279 g/mol. The number of benzene rings is 1. The van der Waals surface area contributed by atoms with Crippen LogP contribution in [0.5, 0.6) is 11.5 Å². The van der Waals surface area contributed by atoms with E-state index in [0.29, 0.717) is 22.7 Å². The van der Waals surface area contributed by atoms with Crippen LogP contribution in [0.4, 0.5) is 5.69 Å². The quantitative estimate of drug-likeness (QED) is 0.734. The number of aliphatic carboxylic acids is 1. The summed E-state index contributed by atoms with van der Waals surface area (Å²) >= 11 is 0. The first-order chi connectivity index (χ1) is 9.55. The molecular weight excluding hydrogens is 266 g/mol. The second-order valence-electron chi connectivity index (χ2n) is 3.83. The number of aromatic nitrogens is 4. The molecule has 0 amide bonds. The third kappa shape index (κ3) is 2.60. The number of ether oxygens (including phenoxy) is 2. The Hall–Kier alpha value is -2.84. The molecule has 106 valence electrons. The van der Waals surface area contributed by atoms with Gasteiger partial charge in [-0.05, 0) is 11.3 Å². The minimum Gasteiger partial charge on any atom is -0.493 e. The lowest BCUT2D eigenvalue weighted by atomic mass is 10.1. The van der Waals surface area contributed by atoms with Gasteiger partial charge in [0.1, 0.15) is 0 Å². The molecule has 0 spiro atoms. The van der Waals surface area contributed by atoms with E-state index in [2.05, 4.69) is 15.4 Å². The van der Waals surface area contributed by atoms with Crippen LogP contribution in [0, 0.1) is 0 Å². The van der Waals surface area contributed by atoms with Gasteiger partial charge in [0.05, 0.1) is 14.2 Å². The van der Waals surface area contributed by atoms with Gasteiger partial charge >= 0.3 is 5.97 Å². The minimum atomic E-state index is -1.06. The molecule has 2 aromatic rings. The zero-order valence-corrected chi connectivity index (χ0v) is 10.9. The van der Waals surface area contributed by atoms with Gasteiger partial charge in [-0.3, -0.25) is 4.79 Å². The number of anilines is 1. The summed E-state index contributed by atoms with van der Waals surface area (Å²) in [6.45, 7) is -0.375. The Kier molecular flexibility index (Phi) is 3.69. The fourth-order valence-corrected chi connectivity index (χ4v) is 1.63. The predicted octanol–water partition coefficient (Wildman–Crippen LogP) is 0.0241. The third-order valence-electron chi connectivity index (χ3n) is 2.53. The summed E-state index contributed by atoms with van der Waals surface area (Å²) in [7, 11) is 2.99. The van der Waals surface area contributed by atoms with E-state index in [1.807, 2.05) is 0 Å². The molecule has 0 radical (unpaired) electrons. The molecular formula is C11H13N5O4. The summed E-state index contributed by atoms with van der Waals surface area (Å²) in [6.07, 6.45) is 0. The van der Waals surface area contributed by atoms with Crippen LogP contribution in [0.2, 0.25) is 0 Å². The van der Waals surface area contributed by atoms with Gasteiger partial charge in [-0.2, -0.15) is 4.80 Å². The molecule has 9 heteroatoms.